The molecule has 2 rings (SSSR count). The number of hydrogen-bond acceptors (Lipinski definition) is 4. The summed E-state index contributed by atoms with van der Waals surface area (Å²) in [6.07, 6.45) is 0. The third-order valence-corrected chi connectivity index (χ3v) is 3.68. The van der Waals surface area contributed by atoms with Gasteiger partial charge in [0.15, 0.2) is 5.96 Å². The highest BCUT2D eigenvalue weighted by Gasteiger charge is 2.12. The summed E-state index contributed by atoms with van der Waals surface area (Å²) in [4.78, 5) is 15.0. The Kier molecular flexibility index (Phi) is 6.76. The Balaban J connectivity index is 2.05. The van der Waals surface area contributed by atoms with Crippen LogP contribution in [0.1, 0.15) is 31.9 Å². The molecule has 7 nitrogen and oxygen atoms in total. The third-order valence-electron chi connectivity index (χ3n) is 3.68. The Morgan fingerprint density at radius 1 is 1.07 bits per heavy atom. The van der Waals surface area contributed by atoms with Gasteiger partial charge in [-0.25, -0.2) is 4.99 Å². The monoisotopic (exact) mass is 370 g/mol. The van der Waals surface area contributed by atoms with Crippen LogP contribution in [-0.4, -0.2) is 23.5 Å². The number of hydrogen-bond donors (Lipinski definition) is 2. The average Bonchev–Trinajstić information content (AvgIpc) is 2.63. The van der Waals surface area contributed by atoms with Crippen molar-refractivity contribution < 1.29 is 9.66 Å². The number of guanidine groups is 1. The van der Waals surface area contributed by atoms with Gasteiger partial charge in [0, 0.05) is 24.2 Å². The first-order valence-corrected chi connectivity index (χ1v) is 8.69. The van der Waals surface area contributed by atoms with Crippen molar-refractivity contribution in [3.05, 3.63) is 69.8 Å². The third kappa shape index (κ3) is 6.97. The number of nitrogens with zero attached hydrogens (tertiary/aromatic N) is 2. The van der Waals surface area contributed by atoms with Crippen LogP contribution in [0.2, 0.25) is 0 Å². The number of nitrogens with one attached hydrogen (secondary N) is 2. The molecule has 0 spiro atoms. The number of ether oxygens (including phenoxy) is 1. The Hall–Kier alpha value is -3.09. The fourth-order valence-corrected chi connectivity index (χ4v) is 2.32. The van der Waals surface area contributed by atoms with Gasteiger partial charge in [-0.3, -0.25) is 10.1 Å². The van der Waals surface area contributed by atoms with Gasteiger partial charge in [-0.2, -0.15) is 0 Å². The molecule has 0 fully saturated rings. The first-order chi connectivity index (χ1) is 12.8. The van der Waals surface area contributed by atoms with E-state index in [1.807, 2.05) is 24.3 Å². The zero-order valence-corrected chi connectivity index (χ0v) is 16.2. The summed E-state index contributed by atoms with van der Waals surface area (Å²) in [5.74, 6) is 1.49. The highest BCUT2D eigenvalue weighted by atomic mass is 16.6. The van der Waals surface area contributed by atoms with Crippen molar-refractivity contribution in [2.75, 3.05) is 7.11 Å². The van der Waals surface area contributed by atoms with Crippen LogP contribution >= 0.6 is 0 Å². The Bertz CT molecular complexity index is 778. The molecule has 0 saturated carbocycles. The van der Waals surface area contributed by atoms with Gasteiger partial charge in [-0.1, -0.05) is 24.3 Å². The molecule has 7 heteroatoms. The minimum atomic E-state index is -0.403. The highest BCUT2D eigenvalue weighted by molar-refractivity contribution is 5.80. The standard InChI is InChI=1S/C20H26N4O3/c1-20(2,3)23-19(22-14-16-7-11-18(27-4)12-8-16)21-13-15-5-9-17(10-6-15)24(25)26/h5-12H,13-14H2,1-4H3,(H2,21,22,23). The smallest absolute Gasteiger partial charge is 0.269 e. The second-order valence-electron chi connectivity index (χ2n) is 7.17. The number of nitro benzene ring substituents is 1. The molecule has 2 aromatic carbocycles. The zero-order chi connectivity index (χ0) is 19.9. The quantitative estimate of drug-likeness (QED) is 0.351. The molecule has 0 amide bonds. The molecule has 144 valence electrons. The van der Waals surface area contributed by atoms with E-state index in [-0.39, 0.29) is 11.2 Å². The molecule has 0 radical (unpaired) electrons. The minimum absolute atomic E-state index is 0.0833. The van der Waals surface area contributed by atoms with Crippen molar-refractivity contribution in [3.8, 4) is 5.75 Å². The maximum Gasteiger partial charge on any atom is 0.269 e. The lowest BCUT2D eigenvalue weighted by atomic mass is 10.1. The van der Waals surface area contributed by atoms with Crippen LogP contribution in [0, 0.1) is 10.1 Å². The van der Waals surface area contributed by atoms with Crippen molar-refractivity contribution in [1.82, 2.24) is 10.6 Å². The first-order valence-electron chi connectivity index (χ1n) is 8.69. The molecule has 0 bridgehead atoms. The molecule has 0 heterocycles. The number of aliphatic imine (C=N–C) groups is 1. The minimum Gasteiger partial charge on any atom is -0.497 e. The lowest BCUT2D eigenvalue weighted by Gasteiger charge is -2.24. The van der Waals surface area contributed by atoms with Gasteiger partial charge in [-0.05, 0) is 44.0 Å². The molecule has 27 heavy (non-hydrogen) atoms. The number of rotatable bonds is 6. The predicted octanol–water partition coefficient (Wildman–Crippen LogP) is 3.64. The molecule has 0 aliphatic heterocycles. The van der Waals surface area contributed by atoms with Crippen LogP contribution in [0.5, 0.6) is 5.75 Å². The molecule has 2 aromatic rings. The van der Waals surface area contributed by atoms with Crippen molar-refractivity contribution >= 4 is 11.6 Å². The molecule has 0 aliphatic rings. The van der Waals surface area contributed by atoms with E-state index >= 15 is 0 Å². The van der Waals surface area contributed by atoms with E-state index in [0.717, 1.165) is 16.9 Å². The van der Waals surface area contributed by atoms with E-state index in [1.165, 1.54) is 12.1 Å². The fourth-order valence-electron chi connectivity index (χ4n) is 2.32. The Labute approximate surface area is 159 Å². The largest absolute Gasteiger partial charge is 0.497 e. The van der Waals surface area contributed by atoms with Crippen molar-refractivity contribution in [2.45, 2.75) is 39.4 Å². The van der Waals surface area contributed by atoms with Gasteiger partial charge in [0.1, 0.15) is 5.75 Å². The summed E-state index contributed by atoms with van der Waals surface area (Å²) in [5.41, 5.74) is 1.94. The molecule has 0 atom stereocenters. The number of nitro groups is 1. The Morgan fingerprint density at radius 2 is 1.67 bits per heavy atom. The van der Waals surface area contributed by atoms with Gasteiger partial charge in [-0.15, -0.1) is 0 Å². The van der Waals surface area contributed by atoms with Crippen molar-refractivity contribution in [1.29, 1.82) is 0 Å². The van der Waals surface area contributed by atoms with Crippen LogP contribution < -0.4 is 15.4 Å². The van der Waals surface area contributed by atoms with Gasteiger partial charge < -0.3 is 15.4 Å². The summed E-state index contributed by atoms with van der Waals surface area (Å²) >= 11 is 0. The molecule has 2 N–H and O–H groups in total. The summed E-state index contributed by atoms with van der Waals surface area (Å²) in [7, 11) is 1.64. The number of non-ortho nitro benzene ring substituents is 1. The maximum atomic E-state index is 10.7. The second kappa shape index (κ2) is 9.02. The van der Waals surface area contributed by atoms with Crippen molar-refractivity contribution in [3.63, 3.8) is 0 Å². The SMILES string of the molecule is COc1ccc(CN=C(NCc2ccc([N+](=O)[O-])cc2)NC(C)(C)C)cc1. The normalized spacial score (nSPS) is 11.8. The van der Waals surface area contributed by atoms with Gasteiger partial charge in [0.05, 0.1) is 18.6 Å². The fraction of sp³-hybridized carbons (Fsp3) is 0.350. The average molecular weight is 370 g/mol. The predicted molar refractivity (Wildman–Crippen MR) is 107 cm³/mol. The molecule has 0 unspecified atom stereocenters. The maximum absolute atomic E-state index is 10.7. The van der Waals surface area contributed by atoms with E-state index in [0.29, 0.717) is 19.0 Å². The van der Waals surface area contributed by atoms with E-state index < -0.39 is 4.92 Å². The second-order valence-corrected chi connectivity index (χ2v) is 7.17. The molecule has 0 saturated heterocycles. The highest BCUT2D eigenvalue weighted by Crippen LogP contribution is 2.13. The summed E-state index contributed by atoms with van der Waals surface area (Å²) in [6.45, 7) is 7.22. The van der Waals surface area contributed by atoms with Crippen LogP contribution in [-0.2, 0) is 13.1 Å². The summed E-state index contributed by atoms with van der Waals surface area (Å²) < 4.78 is 5.17. The molecular weight excluding hydrogens is 344 g/mol. The van der Waals surface area contributed by atoms with Crippen LogP contribution in [0.4, 0.5) is 5.69 Å². The molecule has 0 aliphatic carbocycles. The zero-order valence-electron chi connectivity index (χ0n) is 16.2. The van der Waals surface area contributed by atoms with Crippen molar-refractivity contribution in [2.24, 2.45) is 4.99 Å². The lowest BCUT2D eigenvalue weighted by molar-refractivity contribution is -0.384. The van der Waals surface area contributed by atoms with Crippen LogP contribution in [0.25, 0.3) is 0 Å². The molecule has 0 aromatic heterocycles. The van der Waals surface area contributed by atoms with Crippen LogP contribution in [0.3, 0.4) is 0 Å². The molecular formula is C20H26N4O3. The van der Waals surface area contributed by atoms with Crippen LogP contribution in [0.15, 0.2) is 53.5 Å². The van der Waals surface area contributed by atoms with E-state index in [9.17, 15) is 10.1 Å². The van der Waals surface area contributed by atoms with Gasteiger partial charge >= 0.3 is 0 Å². The number of benzene rings is 2. The summed E-state index contributed by atoms with van der Waals surface area (Å²) in [6, 6.07) is 14.3. The van der Waals surface area contributed by atoms with Gasteiger partial charge in [0.25, 0.3) is 5.69 Å². The summed E-state index contributed by atoms with van der Waals surface area (Å²) in [5, 5.41) is 17.4. The Morgan fingerprint density at radius 3 is 2.19 bits per heavy atom. The first kappa shape index (κ1) is 20.2. The van der Waals surface area contributed by atoms with E-state index in [4.69, 9.17) is 4.74 Å². The van der Waals surface area contributed by atoms with E-state index in [1.54, 1.807) is 19.2 Å². The topological polar surface area (TPSA) is 88.8 Å². The lowest BCUT2D eigenvalue weighted by Crippen LogP contribution is -2.47. The van der Waals surface area contributed by atoms with Gasteiger partial charge in [0.2, 0.25) is 0 Å². The number of methoxy groups -OCH3 is 1. The van der Waals surface area contributed by atoms with E-state index in [2.05, 4.69) is 36.4 Å².